The lowest BCUT2D eigenvalue weighted by atomic mass is 9.84. The van der Waals surface area contributed by atoms with Crippen LogP contribution in [0.25, 0.3) is 0 Å². The molecule has 0 aromatic heterocycles. The van der Waals surface area contributed by atoms with Crippen molar-refractivity contribution in [3.63, 3.8) is 0 Å². The van der Waals surface area contributed by atoms with Crippen molar-refractivity contribution in [1.29, 1.82) is 0 Å². The Morgan fingerprint density at radius 2 is 1.62 bits per heavy atom. The molecular formula is C22H33N3O. The highest BCUT2D eigenvalue weighted by atomic mass is 16.2. The van der Waals surface area contributed by atoms with Crippen LogP contribution in [0.15, 0.2) is 30.3 Å². The molecule has 4 nitrogen and oxygen atoms in total. The van der Waals surface area contributed by atoms with Crippen LogP contribution in [0.2, 0.25) is 0 Å². The molecule has 0 bridgehead atoms. The fraction of sp³-hybridized carbons (Fsp3) is 0.682. The minimum absolute atomic E-state index is 0.235. The van der Waals surface area contributed by atoms with Gasteiger partial charge < -0.3 is 10.2 Å². The van der Waals surface area contributed by atoms with E-state index in [4.69, 9.17) is 0 Å². The van der Waals surface area contributed by atoms with Crippen molar-refractivity contribution < 1.29 is 4.79 Å². The first-order chi connectivity index (χ1) is 12.8. The van der Waals surface area contributed by atoms with E-state index < -0.39 is 0 Å². The molecule has 142 valence electrons. The summed E-state index contributed by atoms with van der Waals surface area (Å²) in [6, 6.07) is 11.3. The quantitative estimate of drug-likeness (QED) is 0.816. The third-order valence-corrected chi connectivity index (χ3v) is 6.48. The van der Waals surface area contributed by atoms with Crippen molar-refractivity contribution in [1.82, 2.24) is 15.1 Å². The average Bonchev–Trinajstić information content (AvgIpc) is 3.35. The van der Waals surface area contributed by atoms with Crippen LogP contribution in [0.4, 0.5) is 0 Å². The Kier molecular flexibility index (Phi) is 5.91. The molecule has 0 spiro atoms. The molecule has 1 amide bonds. The smallest absolute Gasteiger partial charge is 0.234 e. The predicted molar refractivity (Wildman–Crippen MR) is 105 cm³/mol. The topological polar surface area (TPSA) is 35.6 Å². The number of carbonyl (C=O) groups is 1. The molecule has 0 radical (unpaired) electrons. The first kappa shape index (κ1) is 18.0. The van der Waals surface area contributed by atoms with Gasteiger partial charge >= 0.3 is 0 Å². The summed E-state index contributed by atoms with van der Waals surface area (Å²) in [5.41, 5.74) is 1.45. The van der Waals surface area contributed by atoms with E-state index in [2.05, 4.69) is 45.4 Å². The molecule has 1 atom stereocenters. The van der Waals surface area contributed by atoms with Gasteiger partial charge in [-0.25, -0.2) is 0 Å². The molecule has 0 unspecified atom stereocenters. The molecule has 4 heteroatoms. The van der Waals surface area contributed by atoms with Gasteiger partial charge in [0, 0.05) is 19.1 Å². The van der Waals surface area contributed by atoms with Gasteiger partial charge in [-0.05, 0) is 75.6 Å². The lowest BCUT2D eigenvalue weighted by Gasteiger charge is -2.34. The van der Waals surface area contributed by atoms with E-state index >= 15 is 0 Å². The van der Waals surface area contributed by atoms with Crippen LogP contribution in [-0.4, -0.2) is 61.0 Å². The van der Waals surface area contributed by atoms with Gasteiger partial charge in [0.1, 0.15) is 0 Å². The summed E-state index contributed by atoms with van der Waals surface area (Å²) < 4.78 is 0. The number of amides is 1. The Bertz CT molecular complexity index is 578. The van der Waals surface area contributed by atoms with Crippen molar-refractivity contribution in [3.8, 4) is 0 Å². The highest BCUT2D eigenvalue weighted by Gasteiger charge is 2.32. The van der Waals surface area contributed by atoms with Crippen LogP contribution < -0.4 is 5.32 Å². The van der Waals surface area contributed by atoms with E-state index in [-0.39, 0.29) is 5.91 Å². The van der Waals surface area contributed by atoms with Gasteiger partial charge in [-0.3, -0.25) is 9.69 Å². The number of hydrogen-bond acceptors (Lipinski definition) is 3. The zero-order valence-electron chi connectivity index (χ0n) is 15.9. The van der Waals surface area contributed by atoms with E-state index in [0.717, 1.165) is 24.9 Å². The zero-order valence-corrected chi connectivity index (χ0v) is 15.9. The fourth-order valence-electron chi connectivity index (χ4n) is 4.67. The van der Waals surface area contributed by atoms with Gasteiger partial charge in [0.25, 0.3) is 0 Å². The summed E-state index contributed by atoms with van der Waals surface area (Å²) in [5.74, 6) is 1.96. The molecule has 2 heterocycles. The fourth-order valence-corrected chi connectivity index (χ4v) is 4.67. The summed E-state index contributed by atoms with van der Waals surface area (Å²) in [6.45, 7) is 6.55. The SMILES string of the molecule is O=C(CN1CCC([C@@H]2CCN(CCc3ccccc3)C2)CC1)NC1CC1. The largest absolute Gasteiger partial charge is 0.352 e. The predicted octanol–water partition coefficient (Wildman–Crippen LogP) is 2.54. The number of piperidine rings is 1. The average molecular weight is 356 g/mol. The van der Waals surface area contributed by atoms with Gasteiger partial charge in [0.15, 0.2) is 0 Å². The molecule has 3 fully saturated rings. The lowest BCUT2D eigenvalue weighted by Crippen LogP contribution is -2.43. The Hall–Kier alpha value is -1.39. The molecular weight excluding hydrogens is 322 g/mol. The van der Waals surface area contributed by atoms with Gasteiger partial charge in [-0.15, -0.1) is 0 Å². The second-order valence-corrected chi connectivity index (χ2v) is 8.54. The number of nitrogens with one attached hydrogen (secondary N) is 1. The maximum Gasteiger partial charge on any atom is 0.234 e. The summed E-state index contributed by atoms with van der Waals surface area (Å²) >= 11 is 0. The molecule has 1 aliphatic carbocycles. The summed E-state index contributed by atoms with van der Waals surface area (Å²) in [5, 5.41) is 3.11. The van der Waals surface area contributed by atoms with Crippen LogP contribution in [0, 0.1) is 11.8 Å². The summed E-state index contributed by atoms with van der Waals surface area (Å²) in [7, 11) is 0. The van der Waals surface area contributed by atoms with Crippen molar-refractivity contribution in [2.24, 2.45) is 11.8 Å². The molecule has 1 saturated carbocycles. The standard InChI is InChI=1S/C22H33N3O/c26-22(23-21-6-7-21)17-25-13-9-19(10-14-25)20-11-15-24(16-20)12-8-18-4-2-1-3-5-18/h1-5,19-21H,6-17H2,(H,23,26)/t20-/m1/s1. The van der Waals surface area contributed by atoms with Crippen molar-refractivity contribution in [2.75, 3.05) is 39.3 Å². The van der Waals surface area contributed by atoms with Crippen LogP contribution in [-0.2, 0) is 11.2 Å². The minimum Gasteiger partial charge on any atom is -0.352 e. The van der Waals surface area contributed by atoms with E-state index in [1.54, 1.807) is 0 Å². The number of hydrogen-bond donors (Lipinski definition) is 1. The number of likely N-dealkylation sites (tertiary alicyclic amines) is 2. The summed E-state index contributed by atoms with van der Waals surface area (Å²) in [4.78, 5) is 17.0. The van der Waals surface area contributed by atoms with Crippen LogP contribution in [0.5, 0.6) is 0 Å². The van der Waals surface area contributed by atoms with E-state index in [9.17, 15) is 4.79 Å². The number of nitrogens with zero attached hydrogens (tertiary/aromatic N) is 2. The molecule has 3 aliphatic rings. The second-order valence-electron chi connectivity index (χ2n) is 8.54. The Morgan fingerprint density at radius 3 is 2.35 bits per heavy atom. The molecule has 2 saturated heterocycles. The molecule has 1 N–H and O–H groups in total. The number of carbonyl (C=O) groups excluding carboxylic acids is 1. The maximum absolute atomic E-state index is 12.0. The van der Waals surface area contributed by atoms with Crippen LogP contribution >= 0.6 is 0 Å². The third kappa shape index (κ3) is 5.08. The number of rotatable bonds is 7. The maximum atomic E-state index is 12.0. The first-order valence-corrected chi connectivity index (χ1v) is 10.5. The monoisotopic (exact) mass is 355 g/mol. The highest BCUT2D eigenvalue weighted by Crippen LogP contribution is 2.32. The normalized spacial score (nSPS) is 25.5. The summed E-state index contributed by atoms with van der Waals surface area (Å²) in [6.07, 6.45) is 7.43. The Balaban J connectivity index is 1.15. The number of benzene rings is 1. The molecule has 4 rings (SSSR count). The van der Waals surface area contributed by atoms with E-state index in [1.807, 2.05) is 0 Å². The van der Waals surface area contributed by atoms with Crippen molar-refractivity contribution >= 4 is 5.91 Å². The van der Waals surface area contributed by atoms with Gasteiger partial charge in [-0.2, -0.15) is 0 Å². The van der Waals surface area contributed by atoms with E-state index in [0.29, 0.717) is 12.6 Å². The molecule has 1 aromatic carbocycles. The van der Waals surface area contributed by atoms with Crippen LogP contribution in [0.1, 0.15) is 37.7 Å². The van der Waals surface area contributed by atoms with Gasteiger partial charge in [-0.1, -0.05) is 30.3 Å². The highest BCUT2D eigenvalue weighted by molar-refractivity contribution is 5.78. The van der Waals surface area contributed by atoms with Gasteiger partial charge in [0.05, 0.1) is 6.54 Å². The Labute approximate surface area is 157 Å². The molecule has 1 aromatic rings. The van der Waals surface area contributed by atoms with E-state index in [1.165, 1.54) is 63.7 Å². The zero-order chi connectivity index (χ0) is 17.8. The van der Waals surface area contributed by atoms with Crippen molar-refractivity contribution in [3.05, 3.63) is 35.9 Å². The second kappa shape index (κ2) is 8.53. The van der Waals surface area contributed by atoms with Crippen LogP contribution in [0.3, 0.4) is 0 Å². The van der Waals surface area contributed by atoms with Gasteiger partial charge in [0.2, 0.25) is 5.91 Å². The minimum atomic E-state index is 0.235. The molecule has 2 aliphatic heterocycles. The molecule has 26 heavy (non-hydrogen) atoms. The Morgan fingerprint density at radius 1 is 0.923 bits per heavy atom. The third-order valence-electron chi connectivity index (χ3n) is 6.48. The first-order valence-electron chi connectivity index (χ1n) is 10.5. The van der Waals surface area contributed by atoms with Crippen molar-refractivity contribution in [2.45, 2.75) is 44.6 Å². The lowest BCUT2D eigenvalue weighted by molar-refractivity contribution is -0.122.